The molecule has 2 aromatic heterocycles. The molecule has 2 heterocycles. The summed E-state index contributed by atoms with van der Waals surface area (Å²) in [7, 11) is 3.25. The molecule has 0 atom stereocenters. The summed E-state index contributed by atoms with van der Waals surface area (Å²) < 4.78 is 21.8. The zero-order valence-corrected chi connectivity index (χ0v) is 14.1. The first-order valence-electron chi connectivity index (χ1n) is 7.79. The molecule has 0 N–H and O–H groups in total. The van der Waals surface area contributed by atoms with Gasteiger partial charge >= 0.3 is 5.63 Å². The van der Waals surface area contributed by atoms with Gasteiger partial charge in [0.2, 0.25) is 0 Å². The van der Waals surface area contributed by atoms with Crippen molar-refractivity contribution in [2.45, 2.75) is 6.92 Å². The molecule has 126 valence electrons. The Kier molecular flexibility index (Phi) is 3.50. The van der Waals surface area contributed by atoms with Gasteiger partial charge in [0.05, 0.1) is 20.5 Å². The number of aryl methyl sites for hydroxylation is 1. The van der Waals surface area contributed by atoms with Crippen molar-refractivity contribution in [2.24, 2.45) is 0 Å². The third-order valence-electron chi connectivity index (χ3n) is 4.34. The normalized spacial score (nSPS) is 11.2. The fourth-order valence-electron chi connectivity index (χ4n) is 3.07. The summed E-state index contributed by atoms with van der Waals surface area (Å²) in [4.78, 5) is 11.6. The fraction of sp³-hybridized carbons (Fsp3) is 0.150. The van der Waals surface area contributed by atoms with Crippen LogP contribution >= 0.6 is 0 Å². The molecule has 0 aliphatic rings. The maximum absolute atomic E-state index is 11.6. The lowest BCUT2D eigenvalue weighted by molar-refractivity contribution is 0.404. The maximum atomic E-state index is 11.6. The SMILES string of the molecule is COc1ccc(OC)c(-c2coc3cc4oc(=O)cc(C)c4cc23)c1. The van der Waals surface area contributed by atoms with Gasteiger partial charge in [0.25, 0.3) is 0 Å². The minimum atomic E-state index is -0.370. The number of hydrogen-bond acceptors (Lipinski definition) is 5. The molecule has 0 aliphatic heterocycles. The summed E-state index contributed by atoms with van der Waals surface area (Å²) in [6, 6.07) is 10.8. The number of ether oxygens (including phenoxy) is 2. The van der Waals surface area contributed by atoms with E-state index in [0.29, 0.717) is 11.2 Å². The summed E-state index contributed by atoms with van der Waals surface area (Å²) in [5, 5.41) is 1.78. The summed E-state index contributed by atoms with van der Waals surface area (Å²) >= 11 is 0. The lowest BCUT2D eigenvalue weighted by Crippen LogP contribution is -1.97. The van der Waals surface area contributed by atoms with Gasteiger partial charge in [-0.25, -0.2) is 4.79 Å². The van der Waals surface area contributed by atoms with Gasteiger partial charge in [-0.3, -0.25) is 0 Å². The molecular formula is C20H16O5. The molecule has 4 rings (SSSR count). The summed E-state index contributed by atoms with van der Waals surface area (Å²) in [6.45, 7) is 1.89. The van der Waals surface area contributed by atoms with E-state index < -0.39 is 0 Å². The predicted octanol–water partition coefficient (Wildman–Crippen LogP) is 4.53. The van der Waals surface area contributed by atoms with Crippen molar-refractivity contribution in [1.29, 1.82) is 0 Å². The van der Waals surface area contributed by atoms with E-state index in [0.717, 1.165) is 39.0 Å². The van der Waals surface area contributed by atoms with Gasteiger partial charge in [-0.2, -0.15) is 0 Å². The van der Waals surface area contributed by atoms with Crippen LogP contribution in [0, 0.1) is 6.92 Å². The first-order chi connectivity index (χ1) is 12.1. The van der Waals surface area contributed by atoms with Crippen LogP contribution < -0.4 is 15.1 Å². The maximum Gasteiger partial charge on any atom is 0.336 e. The average Bonchev–Trinajstić information content (AvgIpc) is 3.02. The molecular weight excluding hydrogens is 320 g/mol. The Morgan fingerprint density at radius 3 is 2.48 bits per heavy atom. The third-order valence-corrected chi connectivity index (χ3v) is 4.34. The Morgan fingerprint density at radius 1 is 0.880 bits per heavy atom. The van der Waals surface area contributed by atoms with E-state index in [1.165, 1.54) is 6.07 Å². The van der Waals surface area contributed by atoms with Crippen molar-refractivity contribution in [3.8, 4) is 22.6 Å². The molecule has 4 aromatic rings. The van der Waals surface area contributed by atoms with Gasteiger partial charge in [-0.05, 0) is 36.8 Å². The van der Waals surface area contributed by atoms with Crippen LogP contribution in [0.1, 0.15) is 5.56 Å². The van der Waals surface area contributed by atoms with Crippen LogP contribution in [0.4, 0.5) is 0 Å². The molecule has 0 saturated heterocycles. The summed E-state index contributed by atoms with van der Waals surface area (Å²) in [6.07, 6.45) is 1.67. The Bertz CT molecular complexity index is 1150. The first kappa shape index (κ1) is 15.3. The molecule has 0 aliphatic carbocycles. The Labute approximate surface area is 143 Å². The van der Waals surface area contributed by atoms with Gasteiger partial charge in [0, 0.05) is 34.0 Å². The zero-order chi connectivity index (χ0) is 17.6. The largest absolute Gasteiger partial charge is 0.497 e. The highest BCUT2D eigenvalue weighted by Crippen LogP contribution is 2.39. The van der Waals surface area contributed by atoms with E-state index in [4.69, 9.17) is 18.3 Å². The van der Waals surface area contributed by atoms with E-state index in [2.05, 4.69) is 0 Å². The number of benzene rings is 2. The monoisotopic (exact) mass is 336 g/mol. The predicted molar refractivity (Wildman–Crippen MR) is 95.5 cm³/mol. The molecule has 0 fully saturated rings. The van der Waals surface area contributed by atoms with Gasteiger partial charge in [-0.15, -0.1) is 0 Å². The first-order valence-corrected chi connectivity index (χ1v) is 7.79. The topological polar surface area (TPSA) is 61.8 Å². The summed E-state index contributed by atoms with van der Waals surface area (Å²) in [5.41, 5.74) is 3.40. The number of rotatable bonds is 3. The Morgan fingerprint density at radius 2 is 1.72 bits per heavy atom. The number of fused-ring (bicyclic) bond motifs is 2. The van der Waals surface area contributed by atoms with Gasteiger partial charge < -0.3 is 18.3 Å². The van der Waals surface area contributed by atoms with E-state index >= 15 is 0 Å². The van der Waals surface area contributed by atoms with Crippen molar-refractivity contribution in [3.05, 3.63) is 58.6 Å². The Balaban J connectivity index is 2.04. The minimum Gasteiger partial charge on any atom is -0.497 e. The van der Waals surface area contributed by atoms with E-state index in [1.807, 2.05) is 31.2 Å². The zero-order valence-electron chi connectivity index (χ0n) is 14.1. The molecule has 5 nitrogen and oxygen atoms in total. The number of furan rings is 1. The molecule has 25 heavy (non-hydrogen) atoms. The van der Waals surface area contributed by atoms with E-state index in [1.54, 1.807) is 26.5 Å². The van der Waals surface area contributed by atoms with Crippen LogP contribution in [-0.2, 0) is 0 Å². The van der Waals surface area contributed by atoms with Crippen molar-refractivity contribution in [2.75, 3.05) is 14.2 Å². The molecule has 0 radical (unpaired) electrons. The number of methoxy groups -OCH3 is 2. The lowest BCUT2D eigenvalue weighted by Gasteiger charge is -2.09. The van der Waals surface area contributed by atoms with Crippen LogP contribution in [0.3, 0.4) is 0 Å². The van der Waals surface area contributed by atoms with Crippen molar-refractivity contribution < 1.29 is 18.3 Å². The molecule has 0 saturated carbocycles. The summed E-state index contributed by atoms with van der Waals surface area (Å²) in [5.74, 6) is 1.45. The average molecular weight is 336 g/mol. The van der Waals surface area contributed by atoms with E-state index in [9.17, 15) is 4.79 Å². The highest BCUT2D eigenvalue weighted by Gasteiger charge is 2.16. The molecule has 0 spiro atoms. The van der Waals surface area contributed by atoms with Crippen molar-refractivity contribution in [3.63, 3.8) is 0 Å². The van der Waals surface area contributed by atoms with Gasteiger partial charge in [0.1, 0.15) is 22.7 Å². The third kappa shape index (κ3) is 2.45. The van der Waals surface area contributed by atoms with E-state index in [-0.39, 0.29) is 5.63 Å². The van der Waals surface area contributed by atoms with Crippen LogP contribution in [0.15, 0.2) is 56.3 Å². The Hall–Kier alpha value is -3.21. The van der Waals surface area contributed by atoms with Crippen LogP contribution in [0.25, 0.3) is 33.1 Å². The van der Waals surface area contributed by atoms with Gasteiger partial charge in [-0.1, -0.05) is 0 Å². The van der Waals surface area contributed by atoms with Crippen LogP contribution in [0.5, 0.6) is 11.5 Å². The highest BCUT2D eigenvalue weighted by atomic mass is 16.5. The second-order valence-corrected chi connectivity index (χ2v) is 5.81. The highest BCUT2D eigenvalue weighted by molar-refractivity contribution is 6.03. The van der Waals surface area contributed by atoms with Crippen LogP contribution in [0.2, 0.25) is 0 Å². The molecule has 2 aromatic carbocycles. The fourth-order valence-corrected chi connectivity index (χ4v) is 3.07. The smallest absolute Gasteiger partial charge is 0.336 e. The van der Waals surface area contributed by atoms with Gasteiger partial charge in [0.15, 0.2) is 0 Å². The molecule has 5 heteroatoms. The molecule has 0 amide bonds. The second-order valence-electron chi connectivity index (χ2n) is 5.81. The molecule has 0 bridgehead atoms. The quantitative estimate of drug-likeness (QED) is 0.514. The standard InChI is InChI=1S/C20H16O5/c1-11-6-20(21)25-19-9-18-15(8-13(11)19)16(10-24-18)14-7-12(22-2)4-5-17(14)23-3/h4-10H,1-3H3. The van der Waals surface area contributed by atoms with Crippen LogP contribution in [-0.4, -0.2) is 14.2 Å². The van der Waals surface area contributed by atoms with Crippen molar-refractivity contribution in [1.82, 2.24) is 0 Å². The van der Waals surface area contributed by atoms with Crippen molar-refractivity contribution >= 4 is 21.9 Å². The number of hydrogen-bond donors (Lipinski definition) is 0. The second kappa shape index (κ2) is 5.70. The lowest BCUT2D eigenvalue weighted by atomic mass is 10.0. The minimum absolute atomic E-state index is 0.370. The molecule has 0 unspecified atom stereocenters.